The summed E-state index contributed by atoms with van der Waals surface area (Å²) in [5.74, 6) is 0.218. The van der Waals surface area contributed by atoms with E-state index in [2.05, 4.69) is 0 Å². The molecule has 5 nitrogen and oxygen atoms in total. The second-order valence-corrected chi connectivity index (χ2v) is 5.96. The molecule has 2 rings (SSSR count). The van der Waals surface area contributed by atoms with Crippen molar-refractivity contribution in [2.75, 3.05) is 6.61 Å². The molecule has 22 heavy (non-hydrogen) atoms. The molecule has 0 fully saturated rings. The van der Waals surface area contributed by atoms with Gasteiger partial charge in [-0.25, -0.2) is 4.79 Å². The van der Waals surface area contributed by atoms with Crippen molar-refractivity contribution in [3.63, 3.8) is 0 Å². The Morgan fingerprint density at radius 1 is 1.32 bits per heavy atom. The number of fused-ring (bicyclic) bond motifs is 1. The molecule has 0 saturated heterocycles. The summed E-state index contributed by atoms with van der Waals surface area (Å²) in [7, 11) is 0. The molecule has 1 aromatic carbocycles. The van der Waals surface area contributed by atoms with Crippen molar-refractivity contribution in [2.24, 2.45) is 5.92 Å². The zero-order valence-electron chi connectivity index (χ0n) is 13.3. The first-order valence-electron chi connectivity index (χ1n) is 7.28. The first-order valence-corrected chi connectivity index (χ1v) is 7.28. The fraction of sp³-hybridized carbons (Fsp3) is 0.412. The summed E-state index contributed by atoms with van der Waals surface area (Å²) in [6, 6.07) is 3.50. The lowest BCUT2D eigenvalue weighted by Crippen LogP contribution is -2.22. The van der Waals surface area contributed by atoms with Gasteiger partial charge in [-0.3, -0.25) is 9.36 Å². The summed E-state index contributed by atoms with van der Waals surface area (Å²) >= 11 is 0. The molecule has 2 aromatic rings. The number of hydrogen-bond acceptors (Lipinski definition) is 4. The van der Waals surface area contributed by atoms with Gasteiger partial charge in [0, 0.05) is 22.7 Å². The smallest absolute Gasteiger partial charge is 0.418 e. The average molecular weight is 303 g/mol. The highest BCUT2D eigenvalue weighted by atomic mass is 16.5. The van der Waals surface area contributed by atoms with Crippen molar-refractivity contribution in [2.45, 2.75) is 34.3 Å². The van der Waals surface area contributed by atoms with Crippen molar-refractivity contribution in [1.82, 2.24) is 4.57 Å². The minimum absolute atomic E-state index is 0.138. The molecule has 0 spiro atoms. The van der Waals surface area contributed by atoms with E-state index >= 15 is 0 Å². The minimum atomic E-state index is -0.541. The molecule has 0 atom stereocenters. The van der Waals surface area contributed by atoms with Gasteiger partial charge in [0.1, 0.15) is 0 Å². The van der Waals surface area contributed by atoms with Crippen molar-refractivity contribution in [3.05, 3.63) is 45.2 Å². The molecule has 5 heteroatoms. The number of ether oxygens (including phenoxy) is 1. The van der Waals surface area contributed by atoms with E-state index in [1.807, 2.05) is 20.8 Å². The predicted molar refractivity (Wildman–Crippen MR) is 85.2 cm³/mol. The zero-order chi connectivity index (χ0) is 16.4. The number of benzene rings is 1. The molecule has 1 aromatic heterocycles. The number of hydrogen-bond donors (Lipinski definition) is 1. The van der Waals surface area contributed by atoms with E-state index in [1.54, 1.807) is 19.1 Å². The van der Waals surface area contributed by atoms with Crippen molar-refractivity contribution in [1.29, 1.82) is 0 Å². The van der Waals surface area contributed by atoms with E-state index in [-0.39, 0.29) is 18.0 Å². The number of aryl methyl sites for hydroxylation is 2. The number of aliphatic hydroxyl groups is 1. The molecule has 0 aliphatic rings. The van der Waals surface area contributed by atoms with E-state index < -0.39 is 6.09 Å². The molecular formula is C17H21NO4. The lowest BCUT2D eigenvalue weighted by atomic mass is 10.0. The van der Waals surface area contributed by atoms with Crippen LogP contribution in [0.15, 0.2) is 23.1 Å². The molecule has 1 N–H and O–H groups in total. The highest BCUT2D eigenvalue weighted by molar-refractivity contribution is 5.91. The van der Waals surface area contributed by atoms with Gasteiger partial charge >= 0.3 is 6.09 Å². The summed E-state index contributed by atoms with van der Waals surface area (Å²) in [4.78, 5) is 24.7. The van der Waals surface area contributed by atoms with Crippen molar-refractivity contribution >= 4 is 17.0 Å². The van der Waals surface area contributed by atoms with Crippen LogP contribution in [0.1, 0.15) is 30.5 Å². The Kier molecular flexibility index (Phi) is 4.66. The van der Waals surface area contributed by atoms with Gasteiger partial charge in [0.2, 0.25) is 0 Å². The fourth-order valence-corrected chi connectivity index (χ4v) is 2.41. The molecule has 0 saturated carbocycles. The van der Waals surface area contributed by atoms with Gasteiger partial charge in [-0.15, -0.1) is 0 Å². The van der Waals surface area contributed by atoms with Crippen LogP contribution in [0.2, 0.25) is 0 Å². The molecule has 0 aliphatic carbocycles. The Bertz CT molecular complexity index is 774. The Balaban J connectivity index is 2.71. The van der Waals surface area contributed by atoms with Crippen LogP contribution in [-0.2, 0) is 11.3 Å². The van der Waals surface area contributed by atoms with E-state index in [9.17, 15) is 14.7 Å². The van der Waals surface area contributed by atoms with Gasteiger partial charge in [-0.1, -0.05) is 19.9 Å². The van der Waals surface area contributed by atoms with Gasteiger partial charge < -0.3 is 9.84 Å². The monoisotopic (exact) mass is 303 g/mol. The highest BCUT2D eigenvalue weighted by Crippen LogP contribution is 2.20. The highest BCUT2D eigenvalue weighted by Gasteiger charge is 2.16. The summed E-state index contributed by atoms with van der Waals surface area (Å²) in [5, 5.41) is 10.00. The SMILES string of the molecule is Cc1cc(CO)c2c(c1)c(=O)c(C)cn2C(=O)OCC(C)C. The van der Waals surface area contributed by atoms with Crippen LogP contribution in [0.25, 0.3) is 10.9 Å². The van der Waals surface area contributed by atoms with Gasteiger partial charge in [0.15, 0.2) is 5.43 Å². The predicted octanol–water partition coefficient (Wildman–Crippen LogP) is 2.75. The third-order valence-corrected chi connectivity index (χ3v) is 3.41. The van der Waals surface area contributed by atoms with Crippen LogP contribution in [0.3, 0.4) is 0 Å². The maximum Gasteiger partial charge on any atom is 0.418 e. The summed E-state index contributed by atoms with van der Waals surface area (Å²) in [6.07, 6.45) is 0.933. The largest absolute Gasteiger partial charge is 0.449 e. The van der Waals surface area contributed by atoms with Crippen molar-refractivity contribution in [3.8, 4) is 0 Å². The Morgan fingerprint density at radius 3 is 2.59 bits per heavy atom. The number of rotatable bonds is 3. The van der Waals surface area contributed by atoms with Gasteiger partial charge in [0.25, 0.3) is 0 Å². The standard InChI is InChI=1S/C17H21NO4/c1-10(2)9-22-17(21)18-7-12(4)16(20)14-6-11(3)5-13(8-19)15(14)18/h5-7,10,19H,8-9H2,1-4H3. The molecule has 0 bridgehead atoms. The molecule has 0 aliphatic heterocycles. The van der Waals surface area contributed by atoms with E-state index in [0.29, 0.717) is 28.6 Å². The molecular weight excluding hydrogens is 282 g/mol. The molecule has 0 amide bonds. The topological polar surface area (TPSA) is 68.5 Å². The van der Waals surface area contributed by atoms with Crippen molar-refractivity contribution < 1.29 is 14.6 Å². The quantitative estimate of drug-likeness (QED) is 0.946. The van der Waals surface area contributed by atoms with Gasteiger partial charge in [0.05, 0.1) is 18.7 Å². The third kappa shape index (κ3) is 3.04. The molecule has 118 valence electrons. The Hall–Kier alpha value is -2.14. The van der Waals surface area contributed by atoms with Crippen LogP contribution in [0, 0.1) is 19.8 Å². The molecule has 1 heterocycles. The fourth-order valence-electron chi connectivity index (χ4n) is 2.41. The first kappa shape index (κ1) is 16.2. The molecule has 0 radical (unpaired) electrons. The van der Waals surface area contributed by atoms with E-state index in [1.165, 1.54) is 10.8 Å². The van der Waals surface area contributed by atoms with Gasteiger partial charge in [-0.2, -0.15) is 0 Å². The van der Waals surface area contributed by atoms with Crippen LogP contribution >= 0.6 is 0 Å². The van der Waals surface area contributed by atoms with Crippen LogP contribution < -0.4 is 5.43 Å². The van der Waals surface area contributed by atoms with Crippen LogP contribution in [0.4, 0.5) is 4.79 Å². The number of aliphatic hydroxyl groups excluding tert-OH is 1. The normalized spacial score (nSPS) is 11.2. The lowest BCUT2D eigenvalue weighted by Gasteiger charge is -2.15. The summed E-state index contributed by atoms with van der Waals surface area (Å²) < 4.78 is 6.58. The number of carbonyl (C=O) groups excluding carboxylic acids is 1. The second kappa shape index (κ2) is 6.32. The van der Waals surface area contributed by atoms with Crippen LogP contribution in [-0.4, -0.2) is 22.4 Å². The Morgan fingerprint density at radius 2 is 2.00 bits per heavy atom. The first-order chi connectivity index (χ1) is 10.3. The lowest BCUT2D eigenvalue weighted by molar-refractivity contribution is 0.135. The third-order valence-electron chi connectivity index (χ3n) is 3.41. The number of pyridine rings is 1. The maximum atomic E-state index is 12.3. The average Bonchev–Trinajstić information content (AvgIpc) is 2.47. The number of carbonyl (C=O) groups is 1. The Labute approximate surface area is 129 Å². The van der Waals surface area contributed by atoms with Gasteiger partial charge in [-0.05, 0) is 31.4 Å². The minimum Gasteiger partial charge on any atom is -0.449 e. The maximum absolute atomic E-state index is 12.3. The van der Waals surface area contributed by atoms with Crippen LogP contribution in [0.5, 0.6) is 0 Å². The number of aromatic nitrogens is 1. The zero-order valence-corrected chi connectivity index (χ0v) is 13.3. The van der Waals surface area contributed by atoms with E-state index in [0.717, 1.165) is 5.56 Å². The second-order valence-electron chi connectivity index (χ2n) is 5.96. The summed E-state index contributed by atoms with van der Waals surface area (Å²) in [5.41, 5.74) is 2.14. The van der Waals surface area contributed by atoms with E-state index in [4.69, 9.17) is 4.74 Å². The number of nitrogens with zero attached hydrogens (tertiary/aromatic N) is 1. The summed E-state index contributed by atoms with van der Waals surface area (Å²) in [6.45, 7) is 7.45. The molecule has 0 unspecified atom stereocenters.